The molecule has 1 fully saturated rings. The summed E-state index contributed by atoms with van der Waals surface area (Å²) in [5.74, 6) is 0.590. The van der Waals surface area contributed by atoms with Crippen LogP contribution in [0.2, 0.25) is 0 Å². The van der Waals surface area contributed by atoms with E-state index in [2.05, 4.69) is 9.97 Å². The van der Waals surface area contributed by atoms with Crippen LogP contribution in [0.5, 0.6) is 11.8 Å². The van der Waals surface area contributed by atoms with E-state index in [4.69, 9.17) is 9.47 Å². The third-order valence-corrected chi connectivity index (χ3v) is 7.59. The summed E-state index contributed by atoms with van der Waals surface area (Å²) in [5.41, 5.74) is 0. The molecule has 0 radical (unpaired) electrons. The average Bonchev–Trinajstić information content (AvgIpc) is 3.12. The number of aromatic nitrogens is 2. The summed E-state index contributed by atoms with van der Waals surface area (Å²) in [6, 6.07) is 3.56. The molecule has 0 aromatic carbocycles. The molecule has 3 heterocycles. The van der Waals surface area contributed by atoms with E-state index >= 15 is 0 Å². The number of hydrogen-bond acceptors (Lipinski definition) is 7. The first kappa shape index (κ1) is 18.1. The molecule has 2 aromatic rings. The average molecular weight is 383 g/mol. The van der Waals surface area contributed by atoms with Crippen molar-refractivity contribution in [1.29, 1.82) is 0 Å². The lowest BCUT2D eigenvalue weighted by Gasteiger charge is -2.31. The number of rotatable bonds is 6. The van der Waals surface area contributed by atoms with E-state index < -0.39 is 10.0 Å². The van der Waals surface area contributed by atoms with E-state index in [9.17, 15) is 8.42 Å². The van der Waals surface area contributed by atoms with Crippen molar-refractivity contribution in [2.45, 2.75) is 36.5 Å². The zero-order valence-electron chi connectivity index (χ0n) is 14.2. The van der Waals surface area contributed by atoms with Gasteiger partial charge in [-0.05, 0) is 31.4 Å². The van der Waals surface area contributed by atoms with Gasteiger partial charge in [-0.2, -0.15) is 4.31 Å². The Bertz CT molecular complexity index is 822. The normalized spacial score (nSPS) is 18.9. The fraction of sp³-hybridized carbons (Fsp3) is 0.500. The Morgan fingerprint density at radius 2 is 2.04 bits per heavy atom. The third kappa shape index (κ3) is 3.94. The molecule has 0 aliphatic carbocycles. The van der Waals surface area contributed by atoms with Crippen LogP contribution in [-0.4, -0.2) is 49.0 Å². The van der Waals surface area contributed by atoms with Crippen LogP contribution < -0.4 is 9.47 Å². The summed E-state index contributed by atoms with van der Waals surface area (Å²) in [6.07, 6.45) is 5.09. The molecule has 0 amide bonds. The van der Waals surface area contributed by atoms with Crippen molar-refractivity contribution < 1.29 is 17.9 Å². The highest BCUT2D eigenvalue weighted by Crippen LogP contribution is 2.29. The van der Waals surface area contributed by atoms with Crippen LogP contribution in [0.4, 0.5) is 0 Å². The highest BCUT2D eigenvalue weighted by atomic mass is 32.2. The lowest BCUT2D eigenvalue weighted by Crippen LogP contribution is -2.44. The molecular weight excluding hydrogens is 362 g/mol. The van der Waals surface area contributed by atoms with E-state index in [0.29, 0.717) is 29.1 Å². The number of piperidine rings is 1. The second kappa shape index (κ2) is 7.67. The molecule has 1 saturated heterocycles. The molecule has 2 aromatic heterocycles. The Labute approximate surface area is 151 Å². The van der Waals surface area contributed by atoms with Crippen LogP contribution in [0.1, 0.15) is 24.6 Å². The molecule has 136 valence electrons. The number of methoxy groups -OCH3 is 1. The number of nitrogens with zero attached hydrogens (tertiary/aromatic N) is 3. The number of hydrogen-bond donors (Lipinski definition) is 0. The van der Waals surface area contributed by atoms with Crippen LogP contribution in [-0.2, 0) is 16.4 Å². The largest absolute Gasteiger partial charge is 0.477 e. The summed E-state index contributed by atoms with van der Waals surface area (Å²) < 4.78 is 38.6. The Hall–Kier alpha value is -1.71. The second-order valence-electron chi connectivity index (χ2n) is 5.69. The fourth-order valence-corrected chi connectivity index (χ4v) is 5.68. The summed E-state index contributed by atoms with van der Waals surface area (Å²) in [4.78, 5) is 9.24. The van der Waals surface area contributed by atoms with Gasteiger partial charge >= 0.3 is 0 Å². The summed E-state index contributed by atoms with van der Waals surface area (Å²) in [5, 5.41) is 0. The molecule has 0 bridgehead atoms. The summed E-state index contributed by atoms with van der Waals surface area (Å²) in [7, 11) is -1.99. The molecule has 0 spiro atoms. The van der Waals surface area contributed by atoms with Crippen LogP contribution in [0.25, 0.3) is 0 Å². The molecular formula is C16H21N3O4S2. The van der Waals surface area contributed by atoms with Crippen LogP contribution in [0.3, 0.4) is 0 Å². The predicted molar refractivity (Wildman–Crippen MR) is 94.7 cm³/mol. The van der Waals surface area contributed by atoms with Gasteiger partial charge in [-0.25, -0.2) is 18.4 Å². The van der Waals surface area contributed by atoms with Crippen LogP contribution in [0, 0.1) is 0 Å². The minimum absolute atomic E-state index is 0.278. The monoisotopic (exact) mass is 383 g/mol. The SMILES string of the molecule is CCc1ccc(S(=O)(=O)N2CCCC(Oc3nccnc3OC)C2)s1. The highest BCUT2D eigenvalue weighted by molar-refractivity contribution is 7.91. The van der Waals surface area contributed by atoms with Gasteiger partial charge in [0.05, 0.1) is 13.7 Å². The molecule has 7 nitrogen and oxygen atoms in total. The van der Waals surface area contributed by atoms with Gasteiger partial charge in [-0.15, -0.1) is 11.3 Å². The number of aryl methyl sites for hydroxylation is 1. The van der Waals surface area contributed by atoms with Gasteiger partial charge in [-0.1, -0.05) is 6.92 Å². The second-order valence-corrected chi connectivity index (χ2v) is 9.02. The van der Waals surface area contributed by atoms with Crippen LogP contribution in [0.15, 0.2) is 28.7 Å². The third-order valence-electron chi connectivity index (χ3n) is 4.03. The van der Waals surface area contributed by atoms with Gasteiger partial charge in [0.1, 0.15) is 10.3 Å². The van der Waals surface area contributed by atoms with Gasteiger partial charge in [-0.3, -0.25) is 0 Å². The van der Waals surface area contributed by atoms with Gasteiger partial charge < -0.3 is 9.47 Å². The van der Waals surface area contributed by atoms with Crippen molar-refractivity contribution in [1.82, 2.24) is 14.3 Å². The van der Waals surface area contributed by atoms with Crippen molar-refractivity contribution in [3.8, 4) is 11.8 Å². The van der Waals surface area contributed by atoms with E-state index in [-0.39, 0.29) is 6.10 Å². The zero-order valence-corrected chi connectivity index (χ0v) is 15.8. The quantitative estimate of drug-likeness (QED) is 0.762. The van der Waals surface area contributed by atoms with Crippen LogP contribution >= 0.6 is 11.3 Å². The maximum absolute atomic E-state index is 12.9. The first-order valence-corrected chi connectivity index (χ1v) is 10.4. The van der Waals surface area contributed by atoms with Crippen molar-refractivity contribution in [3.63, 3.8) is 0 Å². The molecule has 9 heteroatoms. The lowest BCUT2D eigenvalue weighted by atomic mass is 10.1. The smallest absolute Gasteiger partial charge is 0.278 e. The number of ether oxygens (including phenoxy) is 2. The van der Waals surface area contributed by atoms with Gasteiger partial charge in [0.25, 0.3) is 21.8 Å². The predicted octanol–water partition coefficient (Wildman–Crippen LogP) is 2.34. The minimum Gasteiger partial charge on any atom is -0.477 e. The fourth-order valence-electron chi connectivity index (χ4n) is 2.72. The molecule has 1 aliphatic rings. The van der Waals surface area contributed by atoms with E-state index in [1.54, 1.807) is 6.07 Å². The van der Waals surface area contributed by atoms with Gasteiger partial charge in [0.2, 0.25) is 0 Å². The maximum atomic E-state index is 12.9. The molecule has 1 aliphatic heterocycles. The Kier molecular flexibility index (Phi) is 5.55. The van der Waals surface area contributed by atoms with E-state index in [0.717, 1.165) is 24.1 Å². The number of sulfonamides is 1. The molecule has 1 unspecified atom stereocenters. The van der Waals surface area contributed by atoms with Crippen molar-refractivity contribution in [2.75, 3.05) is 20.2 Å². The van der Waals surface area contributed by atoms with Crippen molar-refractivity contribution in [3.05, 3.63) is 29.4 Å². The molecule has 0 saturated carbocycles. The standard InChI is InChI=1S/C16H21N3O4S2/c1-3-13-6-7-14(24-13)25(20,21)19-10-4-5-12(11-19)23-16-15(22-2)17-8-9-18-16/h6-9,12H,3-5,10-11H2,1-2H3. The minimum atomic E-state index is -3.49. The highest BCUT2D eigenvalue weighted by Gasteiger charge is 2.32. The zero-order chi connectivity index (χ0) is 17.9. The Balaban J connectivity index is 1.74. The first-order chi connectivity index (χ1) is 12.0. The maximum Gasteiger partial charge on any atom is 0.278 e. The van der Waals surface area contributed by atoms with Crippen molar-refractivity contribution >= 4 is 21.4 Å². The van der Waals surface area contributed by atoms with Gasteiger partial charge in [0.15, 0.2) is 0 Å². The first-order valence-electron chi connectivity index (χ1n) is 8.15. The molecule has 1 atom stereocenters. The van der Waals surface area contributed by atoms with Crippen molar-refractivity contribution in [2.24, 2.45) is 0 Å². The van der Waals surface area contributed by atoms with E-state index in [1.807, 2.05) is 13.0 Å². The molecule has 3 rings (SSSR count). The Morgan fingerprint density at radius 1 is 1.28 bits per heavy atom. The van der Waals surface area contributed by atoms with E-state index in [1.165, 1.54) is 35.1 Å². The molecule has 25 heavy (non-hydrogen) atoms. The number of thiophene rings is 1. The molecule has 0 N–H and O–H groups in total. The summed E-state index contributed by atoms with van der Waals surface area (Å²) in [6.45, 7) is 2.81. The Morgan fingerprint density at radius 3 is 2.72 bits per heavy atom. The topological polar surface area (TPSA) is 81.6 Å². The lowest BCUT2D eigenvalue weighted by molar-refractivity contribution is 0.119. The van der Waals surface area contributed by atoms with Gasteiger partial charge in [0, 0.05) is 23.8 Å². The summed E-state index contributed by atoms with van der Waals surface area (Å²) >= 11 is 1.33.